The summed E-state index contributed by atoms with van der Waals surface area (Å²) in [6.07, 6.45) is 2.04. The van der Waals surface area contributed by atoms with Gasteiger partial charge in [-0.25, -0.2) is 9.97 Å². The molecule has 2 rings (SSSR count). The van der Waals surface area contributed by atoms with E-state index in [-0.39, 0.29) is 0 Å². The molecule has 0 atom stereocenters. The number of aromatic nitrogens is 2. The maximum Gasteiger partial charge on any atom is 0.127 e. The normalized spacial score (nSPS) is 10.8. The highest BCUT2D eigenvalue weighted by Crippen LogP contribution is 2.27. The monoisotopic (exact) mass is 196 g/mol. The second kappa shape index (κ2) is 3.03. The predicted molar refractivity (Wildman–Crippen MR) is 53.9 cm³/mol. The Balaban J connectivity index is 2.80. The molecule has 0 radical (unpaired) electrons. The van der Waals surface area contributed by atoms with Gasteiger partial charge in [0.05, 0.1) is 10.2 Å². The molecule has 0 unspecified atom stereocenters. The van der Waals surface area contributed by atoms with Gasteiger partial charge < -0.3 is 0 Å². The first-order chi connectivity index (χ1) is 5.81. The molecule has 62 valence electrons. The molecule has 2 nitrogen and oxygen atoms in total. The first kappa shape index (κ1) is 8.01. The average molecular weight is 196 g/mol. The fourth-order valence-electron chi connectivity index (χ4n) is 1.09. The third-order valence-electron chi connectivity index (χ3n) is 1.58. The standard InChI is InChI=1S/C8H8N2S2/c1-5-9-6-3-4-12-7(6)8(10-5)11-2/h3-4H,1-2H3. The summed E-state index contributed by atoms with van der Waals surface area (Å²) < 4.78 is 1.20. The lowest BCUT2D eigenvalue weighted by Crippen LogP contribution is -1.88. The van der Waals surface area contributed by atoms with Crippen LogP contribution in [0.4, 0.5) is 0 Å². The number of rotatable bonds is 1. The van der Waals surface area contributed by atoms with Gasteiger partial charge >= 0.3 is 0 Å². The van der Waals surface area contributed by atoms with Crippen molar-refractivity contribution in [3.63, 3.8) is 0 Å². The van der Waals surface area contributed by atoms with Gasteiger partial charge in [-0.1, -0.05) is 0 Å². The molecule has 0 saturated carbocycles. The summed E-state index contributed by atoms with van der Waals surface area (Å²) in [5, 5.41) is 3.14. The van der Waals surface area contributed by atoms with Crippen LogP contribution in [-0.4, -0.2) is 16.2 Å². The van der Waals surface area contributed by atoms with Crippen molar-refractivity contribution in [1.29, 1.82) is 0 Å². The fraction of sp³-hybridized carbons (Fsp3) is 0.250. The van der Waals surface area contributed by atoms with Crippen molar-refractivity contribution in [2.24, 2.45) is 0 Å². The number of thiophene rings is 1. The van der Waals surface area contributed by atoms with Gasteiger partial charge in [-0.3, -0.25) is 0 Å². The number of nitrogens with zero attached hydrogens (tertiary/aromatic N) is 2. The highest BCUT2D eigenvalue weighted by molar-refractivity contribution is 7.98. The van der Waals surface area contributed by atoms with Gasteiger partial charge in [-0.15, -0.1) is 23.1 Å². The van der Waals surface area contributed by atoms with Crippen LogP contribution < -0.4 is 0 Å². The minimum absolute atomic E-state index is 0.852. The summed E-state index contributed by atoms with van der Waals surface area (Å²) in [5.74, 6) is 0.852. The van der Waals surface area contributed by atoms with Gasteiger partial charge in [0, 0.05) is 0 Å². The van der Waals surface area contributed by atoms with E-state index in [0.29, 0.717) is 0 Å². The summed E-state index contributed by atoms with van der Waals surface area (Å²) in [7, 11) is 0. The largest absolute Gasteiger partial charge is 0.232 e. The third-order valence-corrected chi connectivity index (χ3v) is 3.30. The molecule has 0 bridgehead atoms. The van der Waals surface area contributed by atoms with Crippen molar-refractivity contribution in [2.45, 2.75) is 11.9 Å². The first-order valence-corrected chi connectivity index (χ1v) is 5.67. The fourth-order valence-corrected chi connectivity index (χ4v) is 2.71. The molecular formula is C8H8N2S2. The minimum atomic E-state index is 0.852. The molecule has 12 heavy (non-hydrogen) atoms. The van der Waals surface area contributed by atoms with Crippen molar-refractivity contribution < 1.29 is 0 Å². The topological polar surface area (TPSA) is 25.8 Å². The molecule has 0 aliphatic heterocycles. The Bertz CT molecular complexity index is 408. The molecule has 0 spiro atoms. The molecule has 0 aromatic carbocycles. The Labute approximate surface area is 79.0 Å². The van der Waals surface area contributed by atoms with E-state index in [1.165, 1.54) is 4.70 Å². The Hall–Kier alpha value is -0.610. The van der Waals surface area contributed by atoms with Gasteiger partial charge in [0.15, 0.2) is 0 Å². The lowest BCUT2D eigenvalue weighted by molar-refractivity contribution is 1.02. The van der Waals surface area contributed by atoms with E-state index in [9.17, 15) is 0 Å². The molecule has 2 heterocycles. The van der Waals surface area contributed by atoms with E-state index < -0.39 is 0 Å². The van der Waals surface area contributed by atoms with Crippen LogP contribution in [0, 0.1) is 6.92 Å². The molecule has 0 aliphatic rings. The van der Waals surface area contributed by atoms with Gasteiger partial charge in [0.25, 0.3) is 0 Å². The second-order valence-corrected chi connectivity index (χ2v) is 4.13. The predicted octanol–water partition coefficient (Wildman–Crippen LogP) is 2.72. The summed E-state index contributed by atoms with van der Waals surface area (Å²) in [6, 6.07) is 2.04. The van der Waals surface area contributed by atoms with Gasteiger partial charge in [0.1, 0.15) is 10.9 Å². The quantitative estimate of drug-likeness (QED) is 0.518. The molecule has 0 amide bonds. The van der Waals surface area contributed by atoms with Gasteiger partial charge in [-0.05, 0) is 24.6 Å². The zero-order valence-corrected chi connectivity index (χ0v) is 8.50. The van der Waals surface area contributed by atoms with Crippen LogP contribution in [0.2, 0.25) is 0 Å². The molecule has 2 aromatic heterocycles. The van der Waals surface area contributed by atoms with Crippen LogP contribution in [0.5, 0.6) is 0 Å². The lowest BCUT2D eigenvalue weighted by atomic mass is 10.5. The van der Waals surface area contributed by atoms with Crippen molar-refractivity contribution in [3.8, 4) is 0 Å². The van der Waals surface area contributed by atoms with Crippen LogP contribution in [-0.2, 0) is 0 Å². The maximum absolute atomic E-state index is 4.35. The summed E-state index contributed by atoms with van der Waals surface area (Å²) in [5.41, 5.74) is 1.07. The van der Waals surface area contributed by atoms with E-state index in [2.05, 4.69) is 15.3 Å². The van der Waals surface area contributed by atoms with Crippen molar-refractivity contribution in [2.75, 3.05) is 6.26 Å². The first-order valence-electron chi connectivity index (χ1n) is 3.57. The molecule has 0 fully saturated rings. The molecular weight excluding hydrogens is 188 g/mol. The molecule has 2 aromatic rings. The summed E-state index contributed by atoms with van der Waals surface area (Å²) in [4.78, 5) is 8.68. The van der Waals surface area contributed by atoms with E-state index in [0.717, 1.165) is 16.4 Å². The molecule has 0 aliphatic carbocycles. The lowest BCUT2D eigenvalue weighted by Gasteiger charge is -1.98. The molecule has 0 saturated heterocycles. The number of hydrogen-bond donors (Lipinski definition) is 0. The average Bonchev–Trinajstić information content (AvgIpc) is 2.50. The summed E-state index contributed by atoms with van der Waals surface area (Å²) in [6.45, 7) is 1.93. The highest BCUT2D eigenvalue weighted by atomic mass is 32.2. The second-order valence-electron chi connectivity index (χ2n) is 2.42. The van der Waals surface area contributed by atoms with E-state index in [1.807, 2.05) is 19.2 Å². The highest BCUT2D eigenvalue weighted by Gasteiger charge is 2.04. The Kier molecular flexibility index (Phi) is 2.02. The van der Waals surface area contributed by atoms with Crippen molar-refractivity contribution in [3.05, 3.63) is 17.3 Å². The Morgan fingerprint density at radius 2 is 2.25 bits per heavy atom. The molecule has 4 heteroatoms. The van der Waals surface area contributed by atoms with Crippen molar-refractivity contribution >= 4 is 33.3 Å². The van der Waals surface area contributed by atoms with E-state index in [1.54, 1.807) is 23.1 Å². The zero-order chi connectivity index (χ0) is 8.55. The smallest absolute Gasteiger partial charge is 0.127 e. The summed E-state index contributed by atoms with van der Waals surface area (Å²) >= 11 is 3.38. The van der Waals surface area contributed by atoms with E-state index in [4.69, 9.17) is 0 Å². The number of aryl methyl sites for hydroxylation is 1. The maximum atomic E-state index is 4.35. The van der Waals surface area contributed by atoms with Crippen LogP contribution >= 0.6 is 23.1 Å². The number of thioether (sulfide) groups is 1. The Morgan fingerprint density at radius 1 is 1.42 bits per heavy atom. The Morgan fingerprint density at radius 3 is 3.00 bits per heavy atom. The third kappa shape index (κ3) is 1.21. The van der Waals surface area contributed by atoms with Crippen molar-refractivity contribution in [1.82, 2.24) is 9.97 Å². The van der Waals surface area contributed by atoms with Crippen LogP contribution in [0.3, 0.4) is 0 Å². The van der Waals surface area contributed by atoms with Crippen LogP contribution in [0.25, 0.3) is 10.2 Å². The van der Waals surface area contributed by atoms with Crippen LogP contribution in [0.1, 0.15) is 5.82 Å². The number of fused-ring (bicyclic) bond motifs is 1. The van der Waals surface area contributed by atoms with E-state index >= 15 is 0 Å². The number of hydrogen-bond acceptors (Lipinski definition) is 4. The van der Waals surface area contributed by atoms with Gasteiger partial charge in [0.2, 0.25) is 0 Å². The SMILES string of the molecule is CSc1nc(C)nc2ccsc12. The minimum Gasteiger partial charge on any atom is -0.232 e. The molecule has 0 N–H and O–H groups in total. The van der Waals surface area contributed by atoms with Gasteiger partial charge in [-0.2, -0.15) is 0 Å². The van der Waals surface area contributed by atoms with Crippen LogP contribution in [0.15, 0.2) is 16.5 Å². The zero-order valence-electron chi connectivity index (χ0n) is 6.87.